The van der Waals surface area contributed by atoms with Gasteiger partial charge in [0.2, 0.25) is 0 Å². The SMILES string of the molecule is NC1=NC=CN2N=CCC12. The summed E-state index contributed by atoms with van der Waals surface area (Å²) in [5.41, 5.74) is 5.60. The summed E-state index contributed by atoms with van der Waals surface area (Å²) in [6.45, 7) is 0. The molecule has 2 N–H and O–H groups in total. The third kappa shape index (κ3) is 0.618. The topological polar surface area (TPSA) is 54.0 Å². The van der Waals surface area contributed by atoms with Crippen molar-refractivity contribution in [2.75, 3.05) is 0 Å². The van der Waals surface area contributed by atoms with Gasteiger partial charge in [0.25, 0.3) is 0 Å². The molecule has 2 heterocycles. The lowest BCUT2D eigenvalue weighted by Gasteiger charge is -2.21. The van der Waals surface area contributed by atoms with Gasteiger partial charge in [0.15, 0.2) is 0 Å². The van der Waals surface area contributed by atoms with Crippen molar-refractivity contribution in [2.45, 2.75) is 12.5 Å². The number of nitrogens with zero attached hydrogens (tertiary/aromatic N) is 3. The summed E-state index contributed by atoms with van der Waals surface area (Å²) in [5.74, 6) is 0.653. The lowest BCUT2D eigenvalue weighted by Crippen LogP contribution is -2.38. The van der Waals surface area contributed by atoms with E-state index in [0.29, 0.717) is 5.84 Å². The minimum Gasteiger partial charge on any atom is -0.385 e. The van der Waals surface area contributed by atoms with E-state index in [2.05, 4.69) is 10.1 Å². The van der Waals surface area contributed by atoms with E-state index in [9.17, 15) is 0 Å². The molecule has 0 fully saturated rings. The Morgan fingerprint density at radius 2 is 2.60 bits per heavy atom. The van der Waals surface area contributed by atoms with E-state index in [1.165, 1.54) is 0 Å². The summed E-state index contributed by atoms with van der Waals surface area (Å²) < 4.78 is 0. The number of hydrogen-bond acceptors (Lipinski definition) is 4. The first-order valence-corrected chi connectivity index (χ1v) is 3.18. The van der Waals surface area contributed by atoms with Crippen LogP contribution in [0.15, 0.2) is 22.5 Å². The zero-order valence-corrected chi connectivity index (χ0v) is 5.44. The number of fused-ring (bicyclic) bond motifs is 1. The van der Waals surface area contributed by atoms with Gasteiger partial charge in [0, 0.05) is 25.0 Å². The molecule has 0 bridgehead atoms. The Kier molecular flexibility index (Phi) is 1.00. The maximum absolute atomic E-state index is 5.60. The van der Waals surface area contributed by atoms with Gasteiger partial charge in [-0.25, -0.2) is 4.99 Å². The van der Waals surface area contributed by atoms with Crippen molar-refractivity contribution in [3.05, 3.63) is 12.4 Å². The van der Waals surface area contributed by atoms with Crippen molar-refractivity contribution in [2.24, 2.45) is 15.8 Å². The van der Waals surface area contributed by atoms with Gasteiger partial charge >= 0.3 is 0 Å². The van der Waals surface area contributed by atoms with Gasteiger partial charge in [-0.1, -0.05) is 0 Å². The third-order valence-corrected chi connectivity index (χ3v) is 1.65. The first-order chi connectivity index (χ1) is 4.88. The largest absolute Gasteiger partial charge is 0.385 e. The molecule has 52 valence electrons. The maximum atomic E-state index is 5.60. The van der Waals surface area contributed by atoms with Crippen LogP contribution in [0, 0.1) is 0 Å². The van der Waals surface area contributed by atoms with Crippen LogP contribution in [-0.4, -0.2) is 23.1 Å². The van der Waals surface area contributed by atoms with E-state index in [1.807, 2.05) is 17.4 Å². The molecular weight excluding hydrogens is 128 g/mol. The molecule has 0 radical (unpaired) electrons. The molecular formula is C6H8N4. The Morgan fingerprint density at radius 1 is 1.70 bits per heavy atom. The Hall–Kier alpha value is -1.32. The monoisotopic (exact) mass is 136 g/mol. The van der Waals surface area contributed by atoms with Crippen LogP contribution in [-0.2, 0) is 0 Å². The average Bonchev–Trinajstić information content (AvgIpc) is 2.36. The van der Waals surface area contributed by atoms with Gasteiger partial charge in [0.05, 0.1) is 0 Å². The van der Waals surface area contributed by atoms with Gasteiger partial charge < -0.3 is 5.73 Å². The van der Waals surface area contributed by atoms with E-state index in [0.717, 1.165) is 6.42 Å². The number of hydrogen-bond donors (Lipinski definition) is 1. The van der Waals surface area contributed by atoms with Crippen LogP contribution in [0.5, 0.6) is 0 Å². The van der Waals surface area contributed by atoms with Gasteiger partial charge in [-0.05, 0) is 0 Å². The smallest absolute Gasteiger partial charge is 0.124 e. The molecule has 0 aromatic rings. The highest BCUT2D eigenvalue weighted by molar-refractivity contribution is 5.90. The molecule has 0 amide bonds. The molecule has 4 heteroatoms. The van der Waals surface area contributed by atoms with E-state index in [4.69, 9.17) is 5.73 Å². The molecule has 4 nitrogen and oxygen atoms in total. The molecule has 0 aliphatic carbocycles. The summed E-state index contributed by atoms with van der Waals surface area (Å²) in [5, 5.41) is 5.89. The molecule has 0 spiro atoms. The standard InChI is InChI=1S/C6H8N4/c7-6-5-1-2-9-10(5)4-3-8-6/h2-5H,1H2,(H2,7,8). The number of nitrogens with two attached hydrogens (primary N) is 1. The molecule has 1 atom stereocenters. The van der Waals surface area contributed by atoms with E-state index in [-0.39, 0.29) is 6.04 Å². The second kappa shape index (κ2) is 1.83. The van der Waals surface area contributed by atoms with Crippen LogP contribution in [0.25, 0.3) is 0 Å². The lowest BCUT2D eigenvalue weighted by atomic mass is 10.2. The fraction of sp³-hybridized carbons (Fsp3) is 0.333. The molecule has 0 aromatic carbocycles. The van der Waals surface area contributed by atoms with E-state index < -0.39 is 0 Å². The minimum atomic E-state index is 0.185. The predicted octanol–water partition coefficient (Wildman–Crippen LogP) is -0.112. The third-order valence-electron chi connectivity index (χ3n) is 1.65. The first kappa shape index (κ1) is 5.46. The van der Waals surface area contributed by atoms with Gasteiger partial charge in [-0.3, -0.25) is 5.01 Å². The second-order valence-electron chi connectivity index (χ2n) is 2.28. The molecule has 10 heavy (non-hydrogen) atoms. The van der Waals surface area contributed by atoms with Crippen molar-refractivity contribution in [3.63, 3.8) is 0 Å². The highest BCUT2D eigenvalue weighted by Crippen LogP contribution is 2.14. The number of rotatable bonds is 0. The zero-order valence-electron chi connectivity index (χ0n) is 5.44. The van der Waals surface area contributed by atoms with Crippen LogP contribution in [0.2, 0.25) is 0 Å². The summed E-state index contributed by atoms with van der Waals surface area (Å²) in [6, 6.07) is 0.185. The molecule has 0 aromatic heterocycles. The fourth-order valence-corrected chi connectivity index (χ4v) is 1.10. The Bertz CT molecular complexity index is 228. The van der Waals surface area contributed by atoms with Gasteiger partial charge in [-0.15, -0.1) is 0 Å². The van der Waals surface area contributed by atoms with E-state index >= 15 is 0 Å². The highest BCUT2D eigenvalue weighted by atomic mass is 15.5. The number of aliphatic imine (C=N–C) groups is 1. The molecule has 2 rings (SSSR count). The predicted molar refractivity (Wildman–Crippen MR) is 39.5 cm³/mol. The first-order valence-electron chi connectivity index (χ1n) is 3.18. The minimum absolute atomic E-state index is 0.185. The summed E-state index contributed by atoms with van der Waals surface area (Å²) >= 11 is 0. The maximum Gasteiger partial charge on any atom is 0.124 e. The zero-order chi connectivity index (χ0) is 6.97. The summed E-state index contributed by atoms with van der Waals surface area (Å²) in [4.78, 5) is 3.96. The van der Waals surface area contributed by atoms with Crippen LogP contribution in [0.1, 0.15) is 6.42 Å². The van der Waals surface area contributed by atoms with Crippen molar-refractivity contribution in [3.8, 4) is 0 Å². The normalized spacial score (nSPS) is 28.6. The Balaban J connectivity index is 2.29. The fourth-order valence-electron chi connectivity index (χ4n) is 1.10. The number of hydrazone groups is 1. The molecule has 1 unspecified atom stereocenters. The van der Waals surface area contributed by atoms with Crippen LogP contribution in [0.4, 0.5) is 0 Å². The summed E-state index contributed by atoms with van der Waals surface area (Å²) in [7, 11) is 0. The number of amidine groups is 1. The van der Waals surface area contributed by atoms with Crippen LogP contribution < -0.4 is 5.73 Å². The average molecular weight is 136 g/mol. The molecule has 0 saturated heterocycles. The lowest BCUT2D eigenvalue weighted by molar-refractivity contribution is 0.382. The Morgan fingerprint density at radius 3 is 3.40 bits per heavy atom. The van der Waals surface area contributed by atoms with E-state index in [1.54, 1.807) is 6.20 Å². The van der Waals surface area contributed by atoms with Crippen LogP contribution >= 0.6 is 0 Å². The van der Waals surface area contributed by atoms with Crippen LogP contribution in [0.3, 0.4) is 0 Å². The Labute approximate surface area is 58.7 Å². The van der Waals surface area contributed by atoms with Gasteiger partial charge in [0.1, 0.15) is 11.9 Å². The highest BCUT2D eigenvalue weighted by Gasteiger charge is 2.23. The van der Waals surface area contributed by atoms with Gasteiger partial charge in [-0.2, -0.15) is 5.10 Å². The summed E-state index contributed by atoms with van der Waals surface area (Å²) in [6.07, 6.45) is 6.21. The quantitative estimate of drug-likeness (QED) is 0.505. The van der Waals surface area contributed by atoms with Crippen molar-refractivity contribution < 1.29 is 0 Å². The van der Waals surface area contributed by atoms with Crippen molar-refractivity contribution in [1.29, 1.82) is 0 Å². The molecule has 2 aliphatic rings. The van der Waals surface area contributed by atoms with Crippen molar-refractivity contribution in [1.82, 2.24) is 5.01 Å². The molecule has 2 aliphatic heterocycles. The molecule has 0 saturated carbocycles. The van der Waals surface area contributed by atoms with Crippen molar-refractivity contribution >= 4 is 12.1 Å². The second-order valence-corrected chi connectivity index (χ2v) is 2.28.